The highest BCUT2D eigenvalue weighted by Crippen LogP contribution is 2.44. The van der Waals surface area contributed by atoms with Gasteiger partial charge in [0.15, 0.2) is 0 Å². The highest BCUT2D eigenvalue weighted by Gasteiger charge is 2.21. The first-order chi connectivity index (χ1) is 22.8. The van der Waals surface area contributed by atoms with Crippen molar-refractivity contribution in [1.29, 1.82) is 0 Å². The van der Waals surface area contributed by atoms with E-state index in [1.54, 1.807) is 11.3 Å². The van der Waals surface area contributed by atoms with Crippen molar-refractivity contribution in [3.63, 3.8) is 0 Å². The van der Waals surface area contributed by atoms with E-state index in [4.69, 9.17) is 9.97 Å². The molecule has 0 saturated heterocycles. The van der Waals surface area contributed by atoms with Crippen LogP contribution in [0.25, 0.3) is 99.7 Å². The Balaban J connectivity index is 1.27. The molecule has 0 fully saturated rings. The van der Waals surface area contributed by atoms with Crippen LogP contribution in [0.2, 0.25) is 0 Å². The molecule has 11 rings (SSSR count). The normalized spacial score (nSPS) is 12.3. The van der Waals surface area contributed by atoms with Crippen molar-refractivity contribution in [2.45, 2.75) is 0 Å². The van der Waals surface area contributed by atoms with Crippen LogP contribution in [-0.2, 0) is 0 Å². The Morgan fingerprint density at radius 2 is 1.02 bits per heavy atom. The number of fused-ring (bicyclic) bond motifs is 12. The maximum atomic E-state index is 5.48. The van der Waals surface area contributed by atoms with Gasteiger partial charge in [0.2, 0.25) is 5.95 Å². The van der Waals surface area contributed by atoms with E-state index in [2.05, 4.69) is 132 Å². The van der Waals surface area contributed by atoms with Crippen molar-refractivity contribution in [1.82, 2.24) is 14.5 Å². The number of hydrogen-bond acceptors (Lipinski definition) is 5. The van der Waals surface area contributed by atoms with Crippen molar-refractivity contribution < 1.29 is 0 Å². The molecular weight excluding hydrogens is 619 g/mol. The van der Waals surface area contributed by atoms with Gasteiger partial charge in [-0.1, -0.05) is 78.9 Å². The van der Waals surface area contributed by atoms with Crippen LogP contribution in [0, 0.1) is 0 Å². The van der Waals surface area contributed by atoms with Crippen LogP contribution in [0.5, 0.6) is 0 Å². The number of benzene rings is 6. The lowest BCUT2D eigenvalue weighted by Gasteiger charge is -2.10. The lowest BCUT2D eigenvalue weighted by molar-refractivity contribution is 1.02. The van der Waals surface area contributed by atoms with Crippen LogP contribution in [0.1, 0.15) is 0 Å². The summed E-state index contributed by atoms with van der Waals surface area (Å²) in [4.78, 5) is 10.9. The van der Waals surface area contributed by atoms with Crippen LogP contribution in [0.4, 0.5) is 0 Å². The van der Waals surface area contributed by atoms with Crippen molar-refractivity contribution in [3.05, 3.63) is 127 Å². The minimum Gasteiger partial charge on any atom is -0.278 e. The van der Waals surface area contributed by atoms with Gasteiger partial charge in [0.1, 0.15) is 0 Å². The van der Waals surface area contributed by atoms with Crippen LogP contribution in [0.15, 0.2) is 127 Å². The molecule has 3 nitrogen and oxygen atoms in total. The fourth-order valence-corrected chi connectivity index (χ4v) is 10.5. The number of nitrogens with zero attached hydrogens (tertiary/aromatic N) is 3. The van der Waals surface area contributed by atoms with Gasteiger partial charge in [-0.3, -0.25) is 4.57 Å². The standard InChI is InChI=1S/C40H21N3S3/c1-5-13-30-23(9-1)27-21-36-29(25-11-3-7-15-33(25)45-36)20-31(27)43(30)40-41-37(39-38(42-40)26-12-4-8-16-34(26)46-39)22-17-18-35-28(19-22)24-10-2-6-14-32(24)44-35/h1-21H. The maximum absolute atomic E-state index is 5.48. The predicted octanol–water partition coefficient (Wildman–Crippen LogP) is 12.3. The molecule has 0 atom stereocenters. The van der Waals surface area contributed by atoms with Gasteiger partial charge in [0, 0.05) is 66.8 Å². The van der Waals surface area contributed by atoms with Crippen molar-refractivity contribution in [2.75, 3.05) is 0 Å². The molecule has 6 aromatic carbocycles. The summed E-state index contributed by atoms with van der Waals surface area (Å²) in [7, 11) is 0. The number of rotatable bonds is 2. The third kappa shape index (κ3) is 3.41. The van der Waals surface area contributed by atoms with Crippen LogP contribution >= 0.6 is 34.0 Å². The Morgan fingerprint density at radius 1 is 0.413 bits per heavy atom. The molecule has 0 unspecified atom stereocenters. The summed E-state index contributed by atoms with van der Waals surface area (Å²) in [5.41, 5.74) is 5.34. The molecular formula is C40H21N3S3. The summed E-state index contributed by atoms with van der Waals surface area (Å²) >= 11 is 5.49. The predicted molar refractivity (Wildman–Crippen MR) is 200 cm³/mol. The van der Waals surface area contributed by atoms with Gasteiger partial charge in [-0.25, -0.2) is 9.97 Å². The second-order valence-corrected chi connectivity index (χ2v) is 15.0. The molecule has 0 saturated carbocycles. The summed E-state index contributed by atoms with van der Waals surface area (Å²) in [6.45, 7) is 0. The fourth-order valence-electron chi connectivity index (χ4n) is 7.15. The Morgan fingerprint density at radius 3 is 1.80 bits per heavy atom. The molecule has 5 aromatic heterocycles. The third-order valence-electron chi connectivity index (χ3n) is 9.23. The summed E-state index contributed by atoms with van der Waals surface area (Å²) in [6.07, 6.45) is 0. The zero-order valence-electron chi connectivity index (χ0n) is 24.2. The Bertz CT molecular complexity index is 3050. The number of hydrogen-bond donors (Lipinski definition) is 0. The molecule has 5 heterocycles. The lowest BCUT2D eigenvalue weighted by Crippen LogP contribution is -2.02. The molecule has 11 aromatic rings. The van der Waals surface area contributed by atoms with Gasteiger partial charge in [0.25, 0.3) is 0 Å². The first-order valence-electron chi connectivity index (χ1n) is 15.2. The average Bonchev–Trinajstić information content (AvgIpc) is 3.85. The molecule has 46 heavy (non-hydrogen) atoms. The molecule has 0 bridgehead atoms. The van der Waals surface area contributed by atoms with Crippen LogP contribution < -0.4 is 0 Å². The molecule has 0 aliphatic heterocycles. The van der Waals surface area contributed by atoms with E-state index in [1.807, 2.05) is 22.7 Å². The van der Waals surface area contributed by atoms with Gasteiger partial charge in [-0.05, 0) is 48.5 Å². The molecule has 0 radical (unpaired) electrons. The van der Waals surface area contributed by atoms with Crippen molar-refractivity contribution in [2.24, 2.45) is 0 Å². The zero-order valence-corrected chi connectivity index (χ0v) is 26.6. The van der Waals surface area contributed by atoms with Crippen molar-refractivity contribution >= 4 is 116 Å². The van der Waals surface area contributed by atoms with E-state index in [0.29, 0.717) is 5.95 Å². The largest absolute Gasteiger partial charge is 0.278 e. The molecule has 0 aliphatic carbocycles. The fraction of sp³-hybridized carbons (Fsp3) is 0. The van der Waals surface area contributed by atoms with E-state index in [0.717, 1.165) is 32.5 Å². The lowest BCUT2D eigenvalue weighted by atomic mass is 10.1. The Kier molecular flexibility index (Phi) is 5.02. The molecule has 0 N–H and O–H groups in total. The average molecular weight is 640 g/mol. The van der Waals surface area contributed by atoms with E-state index >= 15 is 0 Å². The minimum atomic E-state index is 0.700. The molecule has 214 valence electrons. The highest BCUT2D eigenvalue weighted by molar-refractivity contribution is 7.26. The van der Waals surface area contributed by atoms with Gasteiger partial charge < -0.3 is 0 Å². The smallest absolute Gasteiger partial charge is 0.235 e. The van der Waals surface area contributed by atoms with E-state index in [9.17, 15) is 0 Å². The second kappa shape index (κ2) is 9.21. The molecule has 0 spiro atoms. The minimum absolute atomic E-state index is 0.700. The summed E-state index contributed by atoms with van der Waals surface area (Å²) in [5, 5.41) is 8.73. The summed E-state index contributed by atoms with van der Waals surface area (Å²) in [5.74, 6) is 0.700. The topological polar surface area (TPSA) is 30.7 Å². The second-order valence-electron chi connectivity index (χ2n) is 11.8. The first kappa shape index (κ1) is 25.1. The van der Waals surface area contributed by atoms with Gasteiger partial charge in [-0.2, -0.15) is 0 Å². The van der Waals surface area contributed by atoms with E-state index in [1.165, 1.54) is 61.2 Å². The van der Waals surface area contributed by atoms with Gasteiger partial charge in [0.05, 0.1) is 26.9 Å². The summed E-state index contributed by atoms with van der Waals surface area (Å²) < 4.78 is 9.83. The molecule has 6 heteroatoms. The maximum Gasteiger partial charge on any atom is 0.235 e. The monoisotopic (exact) mass is 639 g/mol. The number of thiophene rings is 3. The van der Waals surface area contributed by atoms with Gasteiger partial charge >= 0.3 is 0 Å². The summed E-state index contributed by atoms with van der Waals surface area (Å²) in [6, 6.07) is 46.2. The number of para-hydroxylation sites is 1. The SMILES string of the molecule is c1ccc2c(c1)sc1ccc(-c3nc(-n4c5ccccc5c5cc6sc7ccccc7c6cc54)nc4c3sc3ccccc34)cc12. The highest BCUT2D eigenvalue weighted by atomic mass is 32.1. The van der Waals surface area contributed by atoms with Gasteiger partial charge in [-0.15, -0.1) is 34.0 Å². The van der Waals surface area contributed by atoms with Crippen LogP contribution in [0.3, 0.4) is 0 Å². The Labute approximate surface area is 274 Å². The first-order valence-corrected chi connectivity index (χ1v) is 17.7. The van der Waals surface area contributed by atoms with E-state index < -0.39 is 0 Å². The van der Waals surface area contributed by atoms with Crippen LogP contribution in [-0.4, -0.2) is 14.5 Å². The molecule has 0 aliphatic rings. The zero-order chi connectivity index (χ0) is 29.9. The van der Waals surface area contributed by atoms with Crippen molar-refractivity contribution in [3.8, 4) is 17.2 Å². The Hall–Kier alpha value is -5.14. The molecule has 0 amide bonds. The number of aromatic nitrogens is 3. The quantitative estimate of drug-likeness (QED) is 0.188. The van der Waals surface area contributed by atoms with E-state index in [-0.39, 0.29) is 0 Å². The third-order valence-corrected chi connectivity index (χ3v) is 12.7.